The van der Waals surface area contributed by atoms with Crippen LogP contribution in [0.5, 0.6) is 0 Å². The molecule has 0 aromatic carbocycles. The molecule has 5 nitrogen and oxygen atoms in total. The van der Waals surface area contributed by atoms with Gasteiger partial charge in [0, 0.05) is 6.54 Å². The first-order valence-corrected chi connectivity index (χ1v) is 4.22. The van der Waals surface area contributed by atoms with Gasteiger partial charge in [0.05, 0.1) is 0 Å². The van der Waals surface area contributed by atoms with Crippen molar-refractivity contribution in [1.29, 1.82) is 5.26 Å². The Morgan fingerprint density at radius 2 is 2.23 bits per heavy atom. The van der Waals surface area contributed by atoms with Crippen molar-refractivity contribution in [3.8, 4) is 6.07 Å². The number of nitrogen functional groups attached to an aromatic ring is 2. The molecule has 0 aliphatic carbocycles. The molecule has 0 radical (unpaired) electrons. The first-order valence-electron chi connectivity index (χ1n) is 4.22. The molecule has 0 saturated heterocycles. The Kier molecular flexibility index (Phi) is 2.75. The molecule has 0 aliphatic heterocycles. The molecule has 1 aromatic heterocycles. The Morgan fingerprint density at radius 3 is 2.69 bits per heavy atom. The molecular formula is C8H13N5. The predicted molar refractivity (Wildman–Crippen MR) is 50.7 cm³/mol. The van der Waals surface area contributed by atoms with E-state index in [4.69, 9.17) is 16.7 Å². The second kappa shape index (κ2) is 3.81. The summed E-state index contributed by atoms with van der Waals surface area (Å²) in [6, 6.07) is 1.90. The SMILES string of the molecule is CCCCn1nc(C#N)c(N)c1N. The van der Waals surface area contributed by atoms with Crippen molar-refractivity contribution in [2.45, 2.75) is 26.3 Å². The lowest BCUT2D eigenvalue weighted by molar-refractivity contribution is 0.577. The Balaban J connectivity index is 2.91. The number of aryl methyl sites for hydroxylation is 1. The van der Waals surface area contributed by atoms with Crippen molar-refractivity contribution in [3.63, 3.8) is 0 Å². The Bertz CT molecular complexity index is 333. The van der Waals surface area contributed by atoms with Gasteiger partial charge < -0.3 is 11.5 Å². The standard InChI is InChI=1S/C8H13N5/c1-2-3-4-13-8(11)7(10)6(5-9)12-13/h2-4,10-11H2,1H3. The average molecular weight is 179 g/mol. The predicted octanol–water partition coefficient (Wildman–Crippen LogP) is 0.719. The summed E-state index contributed by atoms with van der Waals surface area (Å²) in [6.07, 6.45) is 2.04. The van der Waals surface area contributed by atoms with E-state index in [2.05, 4.69) is 12.0 Å². The third kappa shape index (κ3) is 1.72. The van der Waals surface area contributed by atoms with E-state index in [0.717, 1.165) is 12.8 Å². The number of hydrogen-bond donors (Lipinski definition) is 2. The fourth-order valence-electron chi connectivity index (χ4n) is 1.05. The molecule has 4 N–H and O–H groups in total. The molecule has 1 rings (SSSR count). The zero-order valence-electron chi connectivity index (χ0n) is 7.62. The summed E-state index contributed by atoms with van der Waals surface area (Å²) in [5, 5.41) is 12.6. The maximum absolute atomic E-state index is 8.62. The fourth-order valence-corrected chi connectivity index (χ4v) is 1.05. The van der Waals surface area contributed by atoms with Crippen LogP contribution >= 0.6 is 0 Å². The molecule has 0 unspecified atom stereocenters. The van der Waals surface area contributed by atoms with E-state index in [9.17, 15) is 0 Å². The molecule has 70 valence electrons. The second-order valence-corrected chi connectivity index (χ2v) is 2.84. The zero-order chi connectivity index (χ0) is 9.84. The summed E-state index contributed by atoms with van der Waals surface area (Å²) in [6.45, 7) is 2.79. The summed E-state index contributed by atoms with van der Waals surface area (Å²) in [7, 11) is 0. The Hall–Kier alpha value is -1.70. The number of nitrogens with two attached hydrogens (primary N) is 2. The lowest BCUT2D eigenvalue weighted by Gasteiger charge is -2.01. The van der Waals surface area contributed by atoms with Gasteiger partial charge >= 0.3 is 0 Å². The summed E-state index contributed by atoms with van der Waals surface area (Å²) in [5.41, 5.74) is 11.7. The maximum atomic E-state index is 8.62. The molecule has 0 atom stereocenters. The average Bonchev–Trinajstić information content (AvgIpc) is 2.41. The highest BCUT2D eigenvalue weighted by molar-refractivity contribution is 5.65. The van der Waals surface area contributed by atoms with E-state index in [-0.39, 0.29) is 5.69 Å². The van der Waals surface area contributed by atoms with E-state index >= 15 is 0 Å². The van der Waals surface area contributed by atoms with Crippen molar-refractivity contribution in [1.82, 2.24) is 9.78 Å². The first kappa shape index (κ1) is 9.39. The lowest BCUT2D eigenvalue weighted by Crippen LogP contribution is -2.05. The molecule has 5 heteroatoms. The second-order valence-electron chi connectivity index (χ2n) is 2.84. The lowest BCUT2D eigenvalue weighted by atomic mass is 10.3. The van der Waals surface area contributed by atoms with Crippen LogP contribution in [0.25, 0.3) is 0 Å². The number of anilines is 2. The van der Waals surface area contributed by atoms with Crippen molar-refractivity contribution >= 4 is 11.5 Å². The maximum Gasteiger partial charge on any atom is 0.187 e. The minimum absolute atomic E-state index is 0.216. The van der Waals surface area contributed by atoms with Crippen molar-refractivity contribution < 1.29 is 0 Å². The highest BCUT2D eigenvalue weighted by Gasteiger charge is 2.10. The Labute approximate surface area is 76.9 Å². The van der Waals surface area contributed by atoms with Gasteiger partial charge in [-0.2, -0.15) is 10.4 Å². The van der Waals surface area contributed by atoms with Gasteiger partial charge in [-0.05, 0) is 6.42 Å². The first-order chi connectivity index (χ1) is 6.20. The molecule has 0 saturated carbocycles. The van der Waals surface area contributed by atoms with Gasteiger partial charge in [-0.1, -0.05) is 13.3 Å². The molecule has 0 spiro atoms. The van der Waals surface area contributed by atoms with Crippen LogP contribution in [0.4, 0.5) is 11.5 Å². The third-order valence-electron chi connectivity index (χ3n) is 1.86. The van der Waals surface area contributed by atoms with Crippen LogP contribution in [0.15, 0.2) is 0 Å². The zero-order valence-corrected chi connectivity index (χ0v) is 7.62. The van der Waals surface area contributed by atoms with Crippen LogP contribution in [-0.2, 0) is 6.54 Å². The van der Waals surface area contributed by atoms with Crippen LogP contribution < -0.4 is 11.5 Å². The number of rotatable bonds is 3. The van der Waals surface area contributed by atoms with Gasteiger partial charge in [0.25, 0.3) is 0 Å². The van der Waals surface area contributed by atoms with Crippen molar-refractivity contribution in [3.05, 3.63) is 5.69 Å². The molecule has 0 fully saturated rings. The largest absolute Gasteiger partial charge is 0.393 e. The van der Waals surface area contributed by atoms with Gasteiger partial charge in [-0.25, -0.2) is 4.68 Å². The number of nitrogens with zero attached hydrogens (tertiary/aromatic N) is 3. The number of aromatic nitrogens is 2. The highest BCUT2D eigenvalue weighted by atomic mass is 15.3. The highest BCUT2D eigenvalue weighted by Crippen LogP contribution is 2.18. The fraction of sp³-hybridized carbons (Fsp3) is 0.500. The van der Waals surface area contributed by atoms with Gasteiger partial charge in [-0.15, -0.1) is 0 Å². The van der Waals surface area contributed by atoms with E-state index in [1.807, 2.05) is 6.07 Å². The minimum atomic E-state index is 0.216. The summed E-state index contributed by atoms with van der Waals surface area (Å²) in [5.74, 6) is 0.394. The molecule has 1 heterocycles. The van der Waals surface area contributed by atoms with Gasteiger partial charge in [0.15, 0.2) is 5.69 Å². The van der Waals surface area contributed by atoms with E-state index in [0.29, 0.717) is 18.1 Å². The van der Waals surface area contributed by atoms with Gasteiger partial charge in [0.1, 0.15) is 17.6 Å². The smallest absolute Gasteiger partial charge is 0.187 e. The van der Waals surface area contributed by atoms with E-state index < -0.39 is 0 Å². The van der Waals surface area contributed by atoms with Crippen LogP contribution in [0, 0.1) is 11.3 Å². The van der Waals surface area contributed by atoms with Gasteiger partial charge in [0.2, 0.25) is 0 Å². The molecule has 0 amide bonds. The summed E-state index contributed by atoms with van der Waals surface area (Å²) < 4.78 is 1.58. The number of hydrogen-bond acceptors (Lipinski definition) is 4. The van der Waals surface area contributed by atoms with Crippen LogP contribution in [0.3, 0.4) is 0 Å². The van der Waals surface area contributed by atoms with Gasteiger partial charge in [-0.3, -0.25) is 0 Å². The van der Waals surface area contributed by atoms with Crippen LogP contribution in [0.1, 0.15) is 25.5 Å². The molecule has 13 heavy (non-hydrogen) atoms. The van der Waals surface area contributed by atoms with Crippen LogP contribution in [-0.4, -0.2) is 9.78 Å². The normalized spacial score (nSPS) is 9.85. The van der Waals surface area contributed by atoms with Crippen molar-refractivity contribution in [2.75, 3.05) is 11.5 Å². The summed E-state index contributed by atoms with van der Waals surface area (Å²) >= 11 is 0. The molecule has 0 aliphatic rings. The monoisotopic (exact) mass is 179 g/mol. The van der Waals surface area contributed by atoms with Crippen LogP contribution in [0.2, 0.25) is 0 Å². The minimum Gasteiger partial charge on any atom is -0.393 e. The Morgan fingerprint density at radius 1 is 1.54 bits per heavy atom. The quantitative estimate of drug-likeness (QED) is 0.714. The number of unbranched alkanes of at least 4 members (excludes halogenated alkanes) is 1. The number of nitriles is 1. The molecule has 1 aromatic rings. The van der Waals surface area contributed by atoms with E-state index in [1.165, 1.54) is 0 Å². The van der Waals surface area contributed by atoms with E-state index in [1.54, 1.807) is 4.68 Å². The summed E-state index contributed by atoms with van der Waals surface area (Å²) in [4.78, 5) is 0. The third-order valence-corrected chi connectivity index (χ3v) is 1.86. The van der Waals surface area contributed by atoms with Crippen molar-refractivity contribution in [2.24, 2.45) is 0 Å². The molecule has 0 bridgehead atoms. The topological polar surface area (TPSA) is 93.6 Å². The molecular weight excluding hydrogens is 166 g/mol.